The number of para-hydroxylation sites is 1. The standard InChI is InChI=1S/C24H32N2S/c1-6-21-11-13-22(14-12-21)27-24-10-8-7-9-23(24)26-17-19(4)25(15-18(2)3)16-20(26)5/h7-14,19-20H,2,6,15-17H2,1,3-5H3. The summed E-state index contributed by atoms with van der Waals surface area (Å²) in [5.74, 6) is 0. The molecule has 144 valence electrons. The lowest BCUT2D eigenvalue weighted by molar-refractivity contribution is 0.180. The van der Waals surface area contributed by atoms with Crippen LogP contribution < -0.4 is 4.90 Å². The average Bonchev–Trinajstić information content (AvgIpc) is 2.65. The third kappa shape index (κ3) is 4.97. The van der Waals surface area contributed by atoms with E-state index in [9.17, 15) is 0 Å². The Kier molecular flexibility index (Phi) is 6.67. The summed E-state index contributed by atoms with van der Waals surface area (Å²) in [5.41, 5.74) is 3.99. The molecule has 2 atom stereocenters. The van der Waals surface area contributed by atoms with Crippen molar-refractivity contribution in [3.05, 3.63) is 66.2 Å². The van der Waals surface area contributed by atoms with E-state index in [1.807, 2.05) is 11.8 Å². The molecule has 2 aromatic carbocycles. The van der Waals surface area contributed by atoms with Gasteiger partial charge in [0.05, 0.1) is 5.69 Å². The van der Waals surface area contributed by atoms with Crippen LogP contribution in [0.5, 0.6) is 0 Å². The van der Waals surface area contributed by atoms with Gasteiger partial charge in [0.25, 0.3) is 0 Å². The average molecular weight is 381 g/mol. The van der Waals surface area contributed by atoms with E-state index in [2.05, 4.69) is 92.6 Å². The van der Waals surface area contributed by atoms with E-state index < -0.39 is 0 Å². The Balaban J connectivity index is 1.79. The van der Waals surface area contributed by atoms with Crippen LogP contribution in [-0.2, 0) is 6.42 Å². The Morgan fingerprint density at radius 3 is 2.41 bits per heavy atom. The number of hydrogen-bond donors (Lipinski definition) is 0. The summed E-state index contributed by atoms with van der Waals surface area (Å²) in [5, 5.41) is 0. The number of rotatable bonds is 6. The van der Waals surface area contributed by atoms with Crippen LogP contribution in [0.2, 0.25) is 0 Å². The van der Waals surface area contributed by atoms with Crippen molar-refractivity contribution in [3.63, 3.8) is 0 Å². The second-order valence-electron chi connectivity index (χ2n) is 7.80. The molecule has 1 saturated heterocycles. The summed E-state index contributed by atoms with van der Waals surface area (Å²) in [4.78, 5) is 7.79. The number of benzene rings is 2. The Bertz CT molecular complexity index is 768. The first-order valence-corrected chi connectivity index (χ1v) is 10.8. The maximum absolute atomic E-state index is 4.10. The Labute approximate surface area is 169 Å². The molecular weight excluding hydrogens is 348 g/mol. The lowest BCUT2D eigenvalue weighted by Crippen LogP contribution is -2.56. The molecule has 0 aromatic heterocycles. The van der Waals surface area contributed by atoms with Gasteiger partial charge >= 0.3 is 0 Å². The van der Waals surface area contributed by atoms with E-state index in [1.165, 1.54) is 26.6 Å². The molecule has 0 radical (unpaired) electrons. The fraction of sp³-hybridized carbons (Fsp3) is 0.417. The lowest BCUT2D eigenvalue weighted by Gasteiger charge is -2.46. The van der Waals surface area contributed by atoms with E-state index in [0.717, 1.165) is 26.1 Å². The van der Waals surface area contributed by atoms with E-state index in [-0.39, 0.29) is 0 Å². The number of piperazine rings is 1. The smallest absolute Gasteiger partial charge is 0.0511 e. The van der Waals surface area contributed by atoms with Crippen LogP contribution in [-0.4, -0.2) is 36.6 Å². The third-order valence-corrected chi connectivity index (χ3v) is 6.40. The second-order valence-corrected chi connectivity index (χ2v) is 8.92. The van der Waals surface area contributed by atoms with E-state index in [0.29, 0.717) is 12.1 Å². The van der Waals surface area contributed by atoms with Crippen molar-refractivity contribution >= 4 is 17.4 Å². The van der Waals surface area contributed by atoms with Crippen LogP contribution in [0.15, 0.2) is 70.5 Å². The molecule has 2 aromatic rings. The van der Waals surface area contributed by atoms with Crippen molar-refractivity contribution in [2.24, 2.45) is 0 Å². The van der Waals surface area contributed by atoms with Gasteiger partial charge in [-0.15, -0.1) is 0 Å². The molecule has 0 amide bonds. The van der Waals surface area contributed by atoms with Crippen molar-refractivity contribution in [2.75, 3.05) is 24.5 Å². The number of hydrogen-bond acceptors (Lipinski definition) is 3. The predicted molar refractivity (Wildman–Crippen MR) is 119 cm³/mol. The first-order valence-electron chi connectivity index (χ1n) is 9.98. The Morgan fingerprint density at radius 1 is 1.04 bits per heavy atom. The Hall–Kier alpha value is -1.71. The minimum Gasteiger partial charge on any atom is -0.365 e. The van der Waals surface area contributed by atoms with Gasteiger partial charge in [-0.3, -0.25) is 4.90 Å². The highest BCUT2D eigenvalue weighted by Crippen LogP contribution is 2.37. The SMILES string of the molecule is C=C(C)CN1CC(C)N(c2ccccc2Sc2ccc(CC)cc2)CC1C. The van der Waals surface area contributed by atoms with Gasteiger partial charge in [0.15, 0.2) is 0 Å². The summed E-state index contributed by atoms with van der Waals surface area (Å²) < 4.78 is 0. The highest BCUT2D eigenvalue weighted by Gasteiger charge is 2.30. The first-order chi connectivity index (χ1) is 13.0. The van der Waals surface area contributed by atoms with Crippen LogP contribution in [0.25, 0.3) is 0 Å². The number of nitrogens with zero attached hydrogens (tertiary/aromatic N) is 2. The molecule has 0 N–H and O–H groups in total. The molecule has 3 rings (SSSR count). The molecule has 27 heavy (non-hydrogen) atoms. The van der Waals surface area contributed by atoms with Gasteiger partial charge in [0.2, 0.25) is 0 Å². The third-order valence-electron chi connectivity index (χ3n) is 5.32. The van der Waals surface area contributed by atoms with Gasteiger partial charge in [0, 0.05) is 41.5 Å². The van der Waals surface area contributed by atoms with Gasteiger partial charge < -0.3 is 4.90 Å². The molecule has 0 bridgehead atoms. The summed E-state index contributed by atoms with van der Waals surface area (Å²) in [6.45, 7) is 16.2. The molecule has 0 saturated carbocycles. The molecule has 1 heterocycles. The summed E-state index contributed by atoms with van der Waals surface area (Å²) in [6, 6.07) is 18.8. The van der Waals surface area contributed by atoms with Crippen LogP contribution in [0, 0.1) is 0 Å². The molecule has 1 aliphatic rings. The minimum absolute atomic E-state index is 0.491. The van der Waals surface area contributed by atoms with E-state index >= 15 is 0 Å². The molecule has 1 fully saturated rings. The van der Waals surface area contributed by atoms with Crippen molar-refractivity contribution in [3.8, 4) is 0 Å². The monoisotopic (exact) mass is 380 g/mol. The van der Waals surface area contributed by atoms with Crippen LogP contribution in [0.4, 0.5) is 5.69 Å². The fourth-order valence-electron chi connectivity index (χ4n) is 3.80. The molecule has 1 aliphatic heterocycles. The largest absolute Gasteiger partial charge is 0.365 e. The van der Waals surface area contributed by atoms with Crippen molar-refractivity contribution in [1.29, 1.82) is 0 Å². The quantitative estimate of drug-likeness (QED) is 0.578. The van der Waals surface area contributed by atoms with Crippen molar-refractivity contribution < 1.29 is 0 Å². The fourth-order valence-corrected chi connectivity index (χ4v) is 4.76. The first kappa shape index (κ1) is 20.0. The zero-order chi connectivity index (χ0) is 19.4. The Morgan fingerprint density at radius 2 is 1.74 bits per heavy atom. The van der Waals surface area contributed by atoms with Crippen molar-refractivity contribution in [2.45, 2.75) is 56.0 Å². The normalized spacial score (nSPS) is 20.7. The van der Waals surface area contributed by atoms with Crippen LogP contribution in [0.3, 0.4) is 0 Å². The van der Waals surface area contributed by atoms with Gasteiger partial charge in [0.1, 0.15) is 0 Å². The molecular formula is C24H32N2S. The topological polar surface area (TPSA) is 6.48 Å². The van der Waals surface area contributed by atoms with Gasteiger partial charge in [-0.05, 0) is 57.0 Å². The highest BCUT2D eigenvalue weighted by molar-refractivity contribution is 7.99. The zero-order valence-electron chi connectivity index (χ0n) is 17.1. The summed E-state index contributed by atoms with van der Waals surface area (Å²) in [6.07, 6.45) is 1.09. The van der Waals surface area contributed by atoms with Gasteiger partial charge in [-0.25, -0.2) is 0 Å². The van der Waals surface area contributed by atoms with E-state index in [4.69, 9.17) is 0 Å². The number of anilines is 1. The lowest BCUT2D eigenvalue weighted by atomic mass is 10.1. The summed E-state index contributed by atoms with van der Waals surface area (Å²) >= 11 is 1.87. The van der Waals surface area contributed by atoms with Gasteiger partial charge in [-0.1, -0.05) is 55.1 Å². The molecule has 0 aliphatic carbocycles. The van der Waals surface area contributed by atoms with Crippen LogP contribution >= 0.6 is 11.8 Å². The molecule has 2 unspecified atom stereocenters. The zero-order valence-corrected chi connectivity index (χ0v) is 17.9. The minimum atomic E-state index is 0.491. The summed E-state index contributed by atoms with van der Waals surface area (Å²) in [7, 11) is 0. The highest BCUT2D eigenvalue weighted by atomic mass is 32.2. The number of aryl methyl sites for hydroxylation is 1. The maximum atomic E-state index is 4.10. The van der Waals surface area contributed by atoms with Crippen molar-refractivity contribution in [1.82, 2.24) is 4.90 Å². The maximum Gasteiger partial charge on any atom is 0.0511 e. The molecule has 0 spiro atoms. The second kappa shape index (κ2) is 8.99. The van der Waals surface area contributed by atoms with E-state index in [1.54, 1.807) is 0 Å². The molecule has 3 heteroatoms. The van der Waals surface area contributed by atoms with Gasteiger partial charge in [-0.2, -0.15) is 0 Å². The van der Waals surface area contributed by atoms with Crippen LogP contribution in [0.1, 0.15) is 33.3 Å². The predicted octanol–water partition coefficient (Wildman–Crippen LogP) is 5.88. The molecule has 2 nitrogen and oxygen atoms in total.